The molecule has 0 aromatic carbocycles. The standard InChI is InChI=1S/C13H16N2O2/c1-8-5-9-3-2-4-10-6-12(15(16)17)11(7-14-8)13(9)10/h4,6,8-9,14H,2-3,5,7H2,1H3. The minimum absolute atomic E-state index is 0.240. The average molecular weight is 232 g/mol. The first-order chi connectivity index (χ1) is 8.16. The molecular weight excluding hydrogens is 216 g/mol. The van der Waals surface area contributed by atoms with Gasteiger partial charge in [-0.3, -0.25) is 10.1 Å². The third kappa shape index (κ3) is 1.63. The van der Waals surface area contributed by atoms with E-state index in [0.717, 1.165) is 30.4 Å². The van der Waals surface area contributed by atoms with Crippen LogP contribution in [-0.4, -0.2) is 17.5 Å². The highest BCUT2D eigenvalue weighted by Gasteiger charge is 2.37. The Morgan fingerprint density at radius 2 is 2.35 bits per heavy atom. The Labute approximate surface area is 100 Å². The Morgan fingerprint density at radius 1 is 1.53 bits per heavy atom. The van der Waals surface area contributed by atoms with Gasteiger partial charge in [0.15, 0.2) is 0 Å². The zero-order valence-corrected chi connectivity index (χ0v) is 9.90. The Kier molecular flexibility index (Phi) is 2.40. The molecule has 4 nitrogen and oxygen atoms in total. The molecule has 2 unspecified atom stereocenters. The van der Waals surface area contributed by atoms with E-state index in [1.54, 1.807) is 6.08 Å². The lowest BCUT2D eigenvalue weighted by molar-refractivity contribution is -0.420. The SMILES string of the molecule is CC1CC2CCC=C3C=C([N+](=O)[O-])C(=C32)CN1. The molecule has 4 heteroatoms. The van der Waals surface area contributed by atoms with Crippen molar-refractivity contribution in [3.63, 3.8) is 0 Å². The van der Waals surface area contributed by atoms with Gasteiger partial charge in [-0.25, -0.2) is 0 Å². The lowest BCUT2D eigenvalue weighted by Crippen LogP contribution is -2.28. The molecule has 3 rings (SSSR count). The first-order valence-electron chi connectivity index (χ1n) is 6.20. The molecule has 2 aliphatic carbocycles. The van der Waals surface area contributed by atoms with Crippen LogP contribution in [0.4, 0.5) is 0 Å². The molecule has 17 heavy (non-hydrogen) atoms. The van der Waals surface area contributed by atoms with Gasteiger partial charge in [-0.15, -0.1) is 0 Å². The second-order valence-corrected chi connectivity index (χ2v) is 5.13. The van der Waals surface area contributed by atoms with Gasteiger partial charge in [0.2, 0.25) is 0 Å². The maximum Gasteiger partial charge on any atom is 0.274 e. The van der Waals surface area contributed by atoms with Crippen molar-refractivity contribution in [3.8, 4) is 0 Å². The quantitative estimate of drug-likeness (QED) is 0.557. The van der Waals surface area contributed by atoms with E-state index < -0.39 is 0 Å². The topological polar surface area (TPSA) is 55.2 Å². The van der Waals surface area contributed by atoms with E-state index in [1.165, 1.54) is 5.57 Å². The largest absolute Gasteiger partial charge is 0.310 e. The summed E-state index contributed by atoms with van der Waals surface area (Å²) in [6.45, 7) is 2.80. The first kappa shape index (κ1) is 10.7. The number of hydrogen-bond donors (Lipinski definition) is 1. The van der Waals surface area contributed by atoms with E-state index in [0.29, 0.717) is 24.2 Å². The molecule has 0 bridgehead atoms. The van der Waals surface area contributed by atoms with Crippen molar-refractivity contribution < 1.29 is 4.92 Å². The van der Waals surface area contributed by atoms with Crippen molar-refractivity contribution in [3.05, 3.63) is 44.7 Å². The molecule has 0 amide bonds. The van der Waals surface area contributed by atoms with Gasteiger partial charge in [-0.05, 0) is 43.3 Å². The normalized spacial score (nSPS) is 31.6. The smallest absolute Gasteiger partial charge is 0.274 e. The highest BCUT2D eigenvalue weighted by Crippen LogP contribution is 2.43. The van der Waals surface area contributed by atoms with Crippen molar-refractivity contribution >= 4 is 0 Å². The van der Waals surface area contributed by atoms with E-state index >= 15 is 0 Å². The van der Waals surface area contributed by atoms with Crippen LogP contribution in [0.15, 0.2) is 34.6 Å². The second-order valence-electron chi connectivity index (χ2n) is 5.13. The molecule has 3 aliphatic rings. The predicted molar refractivity (Wildman–Crippen MR) is 65.0 cm³/mol. The van der Waals surface area contributed by atoms with Gasteiger partial charge in [0, 0.05) is 24.2 Å². The van der Waals surface area contributed by atoms with E-state index in [4.69, 9.17) is 0 Å². The lowest BCUT2D eigenvalue weighted by Gasteiger charge is -2.24. The zero-order valence-electron chi connectivity index (χ0n) is 9.90. The van der Waals surface area contributed by atoms with E-state index in [9.17, 15) is 10.1 Å². The van der Waals surface area contributed by atoms with Crippen LogP contribution in [0.3, 0.4) is 0 Å². The number of hydrogen-bond acceptors (Lipinski definition) is 3. The van der Waals surface area contributed by atoms with Crippen LogP contribution in [0.25, 0.3) is 0 Å². The Morgan fingerprint density at radius 3 is 3.12 bits per heavy atom. The summed E-state index contributed by atoms with van der Waals surface area (Å²) in [5.41, 5.74) is 3.59. The van der Waals surface area contributed by atoms with Gasteiger partial charge in [0.05, 0.1) is 4.92 Å². The molecular formula is C13H16N2O2. The number of nitrogens with zero attached hydrogens (tertiary/aromatic N) is 1. The summed E-state index contributed by atoms with van der Waals surface area (Å²) in [6, 6.07) is 0.443. The highest BCUT2D eigenvalue weighted by molar-refractivity contribution is 5.59. The van der Waals surface area contributed by atoms with Crippen LogP contribution in [0.1, 0.15) is 26.2 Å². The highest BCUT2D eigenvalue weighted by atomic mass is 16.6. The molecule has 0 spiro atoms. The summed E-state index contributed by atoms with van der Waals surface area (Å²) in [5, 5.41) is 14.5. The summed E-state index contributed by atoms with van der Waals surface area (Å²) >= 11 is 0. The molecule has 0 aromatic heterocycles. The Hall–Kier alpha value is -1.42. The molecule has 0 radical (unpaired) electrons. The number of nitrogens with one attached hydrogen (secondary N) is 1. The van der Waals surface area contributed by atoms with Crippen LogP contribution >= 0.6 is 0 Å². The minimum Gasteiger partial charge on any atom is -0.310 e. The number of nitro groups is 1. The monoisotopic (exact) mass is 232 g/mol. The third-order valence-corrected chi connectivity index (χ3v) is 3.99. The Balaban J connectivity index is 2.09. The molecule has 0 fully saturated rings. The molecule has 1 N–H and O–H groups in total. The fourth-order valence-electron chi connectivity index (χ4n) is 3.23. The van der Waals surface area contributed by atoms with E-state index in [2.05, 4.69) is 18.3 Å². The molecule has 2 atom stereocenters. The molecule has 0 saturated heterocycles. The summed E-state index contributed by atoms with van der Waals surface area (Å²) in [5.74, 6) is 0.503. The van der Waals surface area contributed by atoms with Gasteiger partial charge in [-0.1, -0.05) is 6.08 Å². The van der Waals surface area contributed by atoms with Crippen molar-refractivity contribution in [2.75, 3.05) is 6.54 Å². The molecule has 1 heterocycles. The molecule has 0 saturated carbocycles. The van der Waals surface area contributed by atoms with Gasteiger partial charge in [-0.2, -0.15) is 0 Å². The van der Waals surface area contributed by atoms with Crippen LogP contribution in [0.5, 0.6) is 0 Å². The average Bonchev–Trinajstić information content (AvgIpc) is 2.57. The van der Waals surface area contributed by atoms with Gasteiger partial charge in [0.1, 0.15) is 0 Å². The first-order valence-corrected chi connectivity index (χ1v) is 6.20. The van der Waals surface area contributed by atoms with Crippen LogP contribution in [0.2, 0.25) is 0 Å². The lowest BCUT2D eigenvalue weighted by atomic mass is 9.81. The van der Waals surface area contributed by atoms with Crippen LogP contribution in [0, 0.1) is 16.0 Å². The van der Waals surface area contributed by atoms with Crippen molar-refractivity contribution in [2.45, 2.75) is 32.2 Å². The Bertz CT molecular complexity index is 474. The summed E-state index contributed by atoms with van der Waals surface area (Å²) < 4.78 is 0. The van der Waals surface area contributed by atoms with E-state index in [-0.39, 0.29) is 4.92 Å². The fraction of sp³-hybridized carbons (Fsp3) is 0.538. The van der Waals surface area contributed by atoms with Crippen molar-refractivity contribution in [2.24, 2.45) is 5.92 Å². The molecule has 1 aliphatic heterocycles. The van der Waals surface area contributed by atoms with Crippen molar-refractivity contribution in [1.29, 1.82) is 0 Å². The molecule has 0 aromatic rings. The van der Waals surface area contributed by atoms with Crippen LogP contribution in [-0.2, 0) is 0 Å². The maximum atomic E-state index is 11.1. The second kappa shape index (κ2) is 3.81. The van der Waals surface area contributed by atoms with E-state index in [1.807, 2.05) is 0 Å². The van der Waals surface area contributed by atoms with Gasteiger partial charge in [0.25, 0.3) is 5.70 Å². The zero-order chi connectivity index (χ0) is 12.0. The maximum absolute atomic E-state index is 11.1. The fourth-order valence-corrected chi connectivity index (χ4v) is 3.23. The summed E-state index contributed by atoms with van der Waals surface area (Å²) in [4.78, 5) is 10.8. The van der Waals surface area contributed by atoms with Gasteiger partial charge < -0.3 is 5.32 Å². The summed E-state index contributed by atoms with van der Waals surface area (Å²) in [6.07, 6.45) is 7.18. The third-order valence-electron chi connectivity index (χ3n) is 3.99. The van der Waals surface area contributed by atoms with Crippen molar-refractivity contribution in [1.82, 2.24) is 5.32 Å². The number of allylic oxidation sites excluding steroid dienone is 4. The minimum atomic E-state index is -0.240. The summed E-state index contributed by atoms with van der Waals surface area (Å²) in [7, 11) is 0. The molecule has 90 valence electrons. The van der Waals surface area contributed by atoms with Gasteiger partial charge >= 0.3 is 0 Å². The number of rotatable bonds is 1. The van der Waals surface area contributed by atoms with Crippen LogP contribution < -0.4 is 5.32 Å². The predicted octanol–water partition coefficient (Wildman–Crippen LogP) is 2.18.